The molecule has 0 spiro atoms. The average Bonchev–Trinajstić information content (AvgIpc) is 1.88. The second-order valence-electron chi connectivity index (χ2n) is 2.02. The molecule has 0 bridgehead atoms. The van der Waals surface area contributed by atoms with Gasteiger partial charge in [0.05, 0.1) is 0 Å². The van der Waals surface area contributed by atoms with Crippen LogP contribution < -0.4 is 0 Å². The molecule has 0 N–H and O–H groups in total. The van der Waals surface area contributed by atoms with Crippen LogP contribution in [-0.4, -0.2) is 37.6 Å². The van der Waals surface area contributed by atoms with E-state index in [0.717, 1.165) is 6.42 Å². The lowest BCUT2D eigenvalue weighted by Gasteiger charge is -2.11. The van der Waals surface area contributed by atoms with E-state index in [2.05, 4.69) is 0 Å². The molecule has 1 amide bonds. The molecule has 10 heavy (non-hydrogen) atoms. The van der Waals surface area contributed by atoms with Crippen molar-refractivity contribution in [1.82, 2.24) is 4.90 Å². The lowest BCUT2D eigenvalue weighted by Crippen LogP contribution is -2.22. The van der Waals surface area contributed by atoms with E-state index in [1.807, 2.05) is 0 Å². The molecule has 0 aromatic carbocycles. The number of hydrogen-bond donors (Lipinski definition) is 0. The Balaban J connectivity index is 3.21. The molecule has 4 heteroatoms. The molecule has 0 fully saturated rings. The van der Waals surface area contributed by atoms with Crippen LogP contribution in [0.3, 0.4) is 0 Å². The fraction of sp³-hybridized carbons (Fsp3) is 0.833. The number of nitrogens with zero attached hydrogens (tertiary/aromatic N) is 1. The number of rotatable bonds is 4. The van der Waals surface area contributed by atoms with Crippen LogP contribution in [0.25, 0.3) is 0 Å². The van der Waals surface area contributed by atoms with Crippen LogP contribution in [-0.2, 0) is 4.74 Å². The van der Waals surface area contributed by atoms with Crippen LogP contribution in [0.4, 0.5) is 4.79 Å². The van der Waals surface area contributed by atoms with Crippen molar-refractivity contribution in [3.63, 3.8) is 0 Å². The molecule has 0 rings (SSSR count). The normalized spacial score (nSPS) is 9.50. The predicted molar refractivity (Wildman–Crippen MR) is 40.4 cm³/mol. The molecule has 0 saturated carbocycles. The number of carbonyl (C=O) groups is 1. The number of amides is 1. The zero-order valence-electron chi connectivity index (χ0n) is 6.26. The second-order valence-corrected chi connectivity index (χ2v) is 2.34. The van der Waals surface area contributed by atoms with Gasteiger partial charge in [-0.25, -0.2) is 0 Å². The third-order valence-corrected chi connectivity index (χ3v) is 1.43. The molecule has 0 heterocycles. The van der Waals surface area contributed by atoms with Crippen molar-refractivity contribution >= 4 is 17.0 Å². The van der Waals surface area contributed by atoms with Crippen molar-refractivity contribution in [2.45, 2.75) is 6.42 Å². The highest BCUT2D eigenvalue weighted by Gasteiger charge is 2.01. The van der Waals surface area contributed by atoms with E-state index < -0.39 is 5.37 Å². The van der Waals surface area contributed by atoms with Crippen LogP contribution in [0.1, 0.15) is 6.42 Å². The summed E-state index contributed by atoms with van der Waals surface area (Å²) in [7, 11) is 3.29. The van der Waals surface area contributed by atoms with E-state index in [4.69, 9.17) is 16.3 Å². The molecule has 0 aliphatic rings. The Labute approximate surface area is 65.9 Å². The number of halogens is 1. The lowest BCUT2D eigenvalue weighted by atomic mass is 10.4. The largest absolute Gasteiger partial charge is 0.385 e. The Hall–Kier alpha value is -0.280. The summed E-state index contributed by atoms with van der Waals surface area (Å²) >= 11 is 5.15. The van der Waals surface area contributed by atoms with Gasteiger partial charge in [-0.3, -0.25) is 4.79 Å². The molecule has 0 aliphatic heterocycles. The molecule has 0 aromatic rings. The minimum Gasteiger partial charge on any atom is -0.385 e. The number of carbonyl (C=O) groups excluding carboxylic acids is 1. The molecule has 0 saturated heterocycles. The molecule has 0 atom stereocenters. The first-order valence-electron chi connectivity index (χ1n) is 3.08. The summed E-state index contributed by atoms with van der Waals surface area (Å²) in [6, 6.07) is 0. The quantitative estimate of drug-likeness (QED) is 0.357. The van der Waals surface area contributed by atoms with Gasteiger partial charge in [0.15, 0.2) is 0 Å². The minimum atomic E-state index is -0.420. The van der Waals surface area contributed by atoms with Gasteiger partial charge in [-0.1, -0.05) is 0 Å². The van der Waals surface area contributed by atoms with Crippen LogP contribution in [0, 0.1) is 0 Å². The van der Waals surface area contributed by atoms with Gasteiger partial charge in [0.2, 0.25) is 0 Å². The van der Waals surface area contributed by atoms with E-state index >= 15 is 0 Å². The molecule has 3 nitrogen and oxygen atoms in total. The molecular formula is C6H12ClNO2. The van der Waals surface area contributed by atoms with Crippen molar-refractivity contribution in [1.29, 1.82) is 0 Å². The minimum absolute atomic E-state index is 0.420. The summed E-state index contributed by atoms with van der Waals surface area (Å²) < 4.78 is 4.79. The maximum atomic E-state index is 10.4. The Morgan fingerprint density at radius 2 is 2.30 bits per heavy atom. The van der Waals surface area contributed by atoms with Gasteiger partial charge in [0, 0.05) is 27.3 Å². The third kappa shape index (κ3) is 4.58. The van der Waals surface area contributed by atoms with Crippen LogP contribution in [0.5, 0.6) is 0 Å². The summed E-state index contributed by atoms with van der Waals surface area (Å²) in [5.74, 6) is 0. The third-order valence-electron chi connectivity index (χ3n) is 1.14. The van der Waals surface area contributed by atoms with Gasteiger partial charge < -0.3 is 9.64 Å². The molecular weight excluding hydrogens is 154 g/mol. The Kier molecular flexibility index (Phi) is 5.35. The van der Waals surface area contributed by atoms with E-state index in [9.17, 15) is 4.79 Å². The van der Waals surface area contributed by atoms with Gasteiger partial charge in [0.25, 0.3) is 0 Å². The van der Waals surface area contributed by atoms with Crippen molar-refractivity contribution < 1.29 is 9.53 Å². The second kappa shape index (κ2) is 5.50. The fourth-order valence-electron chi connectivity index (χ4n) is 0.534. The Morgan fingerprint density at radius 1 is 1.70 bits per heavy atom. The topological polar surface area (TPSA) is 29.5 Å². The standard InChI is InChI=1S/C6H12ClNO2/c1-8(6(7)9)4-3-5-10-2/h3-5H2,1-2H3. The number of ether oxygens (including phenoxy) is 1. The number of methoxy groups -OCH3 is 1. The van der Waals surface area contributed by atoms with Crippen LogP contribution >= 0.6 is 11.6 Å². The Morgan fingerprint density at radius 3 is 2.70 bits per heavy atom. The maximum Gasteiger partial charge on any atom is 0.316 e. The first-order chi connectivity index (χ1) is 4.68. The van der Waals surface area contributed by atoms with Gasteiger partial charge in [-0.2, -0.15) is 0 Å². The smallest absolute Gasteiger partial charge is 0.316 e. The summed E-state index contributed by atoms with van der Waals surface area (Å²) in [5, 5.41) is -0.420. The first-order valence-corrected chi connectivity index (χ1v) is 3.46. The lowest BCUT2D eigenvalue weighted by molar-refractivity contribution is 0.182. The van der Waals surface area contributed by atoms with Gasteiger partial charge in [0.1, 0.15) is 0 Å². The van der Waals surface area contributed by atoms with Gasteiger partial charge in [-0.05, 0) is 18.0 Å². The summed E-state index contributed by atoms with van der Waals surface area (Å²) in [4.78, 5) is 11.8. The highest BCUT2D eigenvalue weighted by Crippen LogP contribution is 1.93. The summed E-state index contributed by atoms with van der Waals surface area (Å²) in [5.41, 5.74) is 0. The molecule has 0 radical (unpaired) electrons. The SMILES string of the molecule is COCCCN(C)C(=O)Cl. The van der Waals surface area contributed by atoms with E-state index in [0.29, 0.717) is 13.2 Å². The molecule has 0 unspecified atom stereocenters. The van der Waals surface area contributed by atoms with E-state index in [1.54, 1.807) is 14.2 Å². The summed E-state index contributed by atoms with van der Waals surface area (Å²) in [6.07, 6.45) is 0.825. The maximum absolute atomic E-state index is 10.4. The molecule has 60 valence electrons. The highest BCUT2D eigenvalue weighted by molar-refractivity contribution is 6.62. The van der Waals surface area contributed by atoms with E-state index in [-0.39, 0.29) is 0 Å². The van der Waals surface area contributed by atoms with Crippen LogP contribution in [0.15, 0.2) is 0 Å². The van der Waals surface area contributed by atoms with Gasteiger partial charge >= 0.3 is 5.37 Å². The van der Waals surface area contributed by atoms with Crippen LogP contribution in [0.2, 0.25) is 0 Å². The van der Waals surface area contributed by atoms with E-state index in [1.165, 1.54) is 4.90 Å². The fourth-order valence-corrected chi connectivity index (χ4v) is 0.618. The van der Waals surface area contributed by atoms with Crippen molar-refractivity contribution in [2.75, 3.05) is 27.3 Å². The number of hydrogen-bond acceptors (Lipinski definition) is 2. The van der Waals surface area contributed by atoms with Crippen molar-refractivity contribution in [3.8, 4) is 0 Å². The Bertz CT molecular complexity index is 108. The first kappa shape index (κ1) is 9.72. The zero-order valence-corrected chi connectivity index (χ0v) is 7.02. The summed E-state index contributed by atoms with van der Waals surface area (Å²) in [6.45, 7) is 1.31. The highest BCUT2D eigenvalue weighted by atomic mass is 35.5. The molecule has 0 aromatic heterocycles. The molecule has 0 aliphatic carbocycles. The van der Waals surface area contributed by atoms with Crippen molar-refractivity contribution in [3.05, 3.63) is 0 Å². The average molecular weight is 166 g/mol. The van der Waals surface area contributed by atoms with Gasteiger partial charge in [-0.15, -0.1) is 0 Å². The zero-order chi connectivity index (χ0) is 7.98. The predicted octanol–water partition coefficient (Wildman–Crippen LogP) is 1.31. The van der Waals surface area contributed by atoms with Crippen molar-refractivity contribution in [2.24, 2.45) is 0 Å². The monoisotopic (exact) mass is 165 g/mol.